The number of nitrogens with zero attached hydrogens (tertiary/aromatic N) is 1. The molecule has 0 aliphatic heterocycles. The molecule has 6 heteroatoms. The topological polar surface area (TPSA) is 76.4 Å². The number of carbonyl (C=O) groups is 1. The smallest absolute Gasteiger partial charge is 0.246 e. The van der Waals surface area contributed by atoms with Gasteiger partial charge in [0.25, 0.3) is 0 Å². The lowest BCUT2D eigenvalue weighted by molar-refractivity contribution is -0.116. The van der Waals surface area contributed by atoms with Gasteiger partial charge in [-0.3, -0.25) is 4.79 Å². The molecule has 6 nitrogen and oxygen atoms in total. The quantitative estimate of drug-likeness (QED) is 0.710. The molecule has 1 amide bonds. The molecule has 3 rings (SSSR count). The molecule has 0 bridgehead atoms. The van der Waals surface area contributed by atoms with Gasteiger partial charge in [-0.25, -0.2) is 4.98 Å². The Morgan fingerprint density at radius 1 is 1.28 bits per heavy atom. The molecule has 0 unspecified atom stereocenters. The number of anilines is 2. The molecule has 1 heterocycles. The van der Waals surface area contributed by atoms with Crippen molar-refractivity contribution >= 4 is 28.4 Å². The average molecular weight is 339 g/mol. The molecule has 1 aromatic heterocycles. The van der Waals surface area contributed by atoms with Gasteiger partial charge in [0.2, 0.25) is 5.91 Å². The van der Waals surface area contributed by atoms with Crippen molar-refractivity contribution in [2.75, 3.05) is 17.2 Å². The molecule has 1 atom stereocenters. The number of benzene rings is 2. The highest BCUT2D eigenvalue weighted by Crippen LogP contribution is 2.24. The van der Waals surface area contributed by atoms with E-state index in [0.717, 1.165) is 16.8 Å². The van der Waals surface area contributed by atoms with Crippen molar-refractivity contribution in [2.24, 2.45) is 0 Å². The number of fused-ring (bicyclic) bond motifs is 1. The Morgan fingerprint density at radius 3 is 2.88 bits per heavy atom. The summed E-state index contributed by atoms with van der Waals surface area (Å²) >= 11 is 0. The maximum absolute atomic E-state index is 12.5. The number of carbonyl (C=O) groups excluding carboxylic acids is 1. The minimum absolute atomic E-state index is 0.149. The summed E-state index contributed by atoms with van der Waals surface area (Å²) in [6.07, 6.45) is 0. The Hall–Kier alpha value is -3.02. The summed E-state index contributed by atoms with van der Waals surface area (Å²) in [5, 5.41) is 6.08. The molecule has 0 fully saturated rings. The molecule has 2 aromatic carbocycles. The van der Waals surface area contributed by atoms with Crippen LogP contribution in [0, 0.1) is 6.92 Å². The molecule has 3 aromatic rings. The zero-order chi connectivity index (χ0) is 17.8. The highest BCUT2D eigenvalue weighted by molar-refractivity contribution is 5.97. The summed E-state index contributed by atoms with van der Waals surface area (Å²) < 4.78 is 11.0. The van der Waals surface area contributed by atoms with Crippen LogP contribution in [-0.2, 0) is 4.79 Å². The van der Waals surface area contributed by atoms with Gasteiger partial charge in [-0.05, 0) is 44.2 Å². The molecular weight excluding hydrogens is 318 g/mol. The maximum Gasteiger partial charge on any atom is 0.246 e. The lowest BCUT2D eigenvalue weighted by Crippen LogP contribution is -2.32. The molecule has 0 radical (unpaired) electrons. The molecule has 0 spiro atoms. The summed E-state index contributed by atoms with van der Waals surface area (Å²) in [5.41, 5.74) is 2.95. The summed E-state index contributed by atoms with van der Waals surface area (Å²) in [4.78, 5) is 16.8. The van der Waals surface area contributed by atoms with Gasteiger partial charge >= 0.3 is 0 Å². The van der Waals surface area contributed by atoms with Gasteiger partial charge in [0.05, 0.1) is 12.3 Å². The Morgan fingerprint density at radius 2 is 2.08 bits per heavy atom. The number of ether oxygens (including phenoxy) is 1. The molecule has 0 aliphatic carbocycles. The van der Waals surface area contributed by atoms with E-state index in [1.165, 1.54) is 0 Å². The number of aromatic nitrogens is 1. The van der Waals surface area contributed by atoms with Crippen molar-refractivity contribution in [3.63, 3.8) is 0 Å². The van der Waals surface area contributed by atoms with Crippen molar-refractivity contribution in [3.8, 4) is 5.75 Å². The zero-order valence-electron chi connectivity index (χ0n) is 14.5. The van der Waals surface area contributed by atoms with Crippen LogP contribution in [-0.4, -0.2) is 23.5 Å². The molecule has 2 N–H and O–H groups in total. The molecule has 0 saturated carbocycles. The minimum atomic E-state index is -0.430. The van der Waals surface area contributed by atoms with Crippen LogP contribution in [0.4, 0.5) is 11.4 Å². The minimum Gasteiger partial charge on any atom is -0.492 e. The van der Waals surface area contributed by atoms with Crippen LogP contribution >= 0.6 is 0 Å². The Balaban J connectivity index is 1.69. The first-order chi connectivity index (χ1) is 12.1. The number of rotatable bonds is 6. The fourth-order valence-corrected chi connectivity index (χ4v) is 2.54. The highest BCUT2D eigenvalue weighted by atomic mass is 16.5. The van der Waals surface area contributed by atoms with Crippen molar-refractivity contribution in [3.05, 3.63) is 48.4 Å². The third-order valence-corrected chi connectivity index (χ3v) is 3.72. The van der Waals surface area contributed by atoms with E-state index in [2.05, 4.69) is 15.6 Å². The van der Waals surface area contributed by atoms with Crippen molar-refractivity contribution < 1.29 is 13.9 Å². The molecule has 130 valence electrons. The third-order valence-electron chi connectivity index (χ3n) is 3.72. The van der Waals surface area contributed by atoms with Gasteiger partial charge in [-0.15, -0.1) is 0 Å². The number of oxazole rings is 1. The first-order valence-corrected chi connectivity index (χ1v) is 8.23. The van der Waals surface area contributed by atoms with Crippen LogP contribution < -0.4 is 15.4 Å². The predicted molar refractivity (Wildman–Crippen MR) is 98.1 cm³/mol. The van der Waals surface area contributed by atoms with Crippen LogP contribution in [0.2, 0.25) is 0 Å². The largest absolute Gasteiger partial charge is 0.492 e. The fourth-order valence-electron chi connectivity index (χ4n) is 2.54. The fraction of sp³-hybridized carbons (Fsp3) is 0.263. The van der Waals surface area contributed by atoms with E-state index >= 15 is 0 Å². The lowest BCUT2D eigenvalue weighted by Gasteiger charge is -2.17. The number of amides is 1. The van der Waals surface area contributed by atoms with E-state index in [-0.39, 0.29) is 5.91 Å². The van der Waals surface area contributed by atoms with Crippen molar-refractivity contribution in [2.45, 2.75) is 26.8 Å². The van der Waals surface area contributed by atoms with Gasteiger partial charge in [0.15, 0.2) is 11.5 Å². The Bertz CT molecular complexity index is 889. The number of nitrogens with one attached hydrogen (secondary N) is 2. The molecular formula is C19H21N3O3. The lowest BCUT2D eigenvalue weighted by atomic mass is 10.2. The van der Waals surface area contributed by atoms with E-state index in [4.69, 9.17) is 9.15 Å². The number of hydrogen-bond acceptors (Lipinski definition) is 5. The zero-order valence-corrected chi connectivity index (χ0v) is 14.5. The Labute approximate surface area is 146 Å². The maximum atomic E-state index is 12.5. The Kier molecular flexibility index (Phi) is 4.88. The van der Waals surface area contributed by atoms with E-state index in [1.54, 1.807) is 13.8 Å². The van der Waals surface area contributed by atoms with Gasteiger partial charge < -0.3 is 19.8 Å². The number of para-hydroxylation sites is 2. The van der Waals surface area contributed by atoms with Crippen LogP contribution in [0.25, 0.3) is 11.1 Å². The molecule has 25 heavy (non-hydrogen) atoms. The van der Waals surface area contributed by atoms with E-state index in [9.17, 15) is 4.79 Å². The van der Waals surface area contributed by atoms with Crippen LogP contribution in [0.5, 0.6) is 5.75 Å². The van der Waals surface area contributed by atoms with E-state index < -0.39 is 6.04 Å². The summed E-state index contributed by atoms with van der Waals surface area (Å²) in [6, 6.07) is 12.5. The normalized spacial score (nSPS) is 12.0. The summed E-state index contributed by atoms with van der Waals surface area (Å²) in [5.74, 6) is 1.12. The van der Waals surface area contributed by atoms with Crippen molar-refractivity contribution in [1.82, 2.24) is 4.98 Å². The predicted octanol–water partition coefficient (Wildman–Crippen LogP) is 3.97. The van der Waals surface area contributed by atoms with Crippen LogP contribution in [0.3, 0.4) is 0 Å². The van der Waals surface area contributed by atoms with Crippen LogP contribution in [0.1, 0.15) is 19.7 Å². The number of aryl methyl sites for hydroxylation is 1. The summed E-state index contributed by atoms with van der Waals surface area (Å²) in [6.45, 7) is 6.05. The second-order valence-corrected chi connectivity index (χ2v) is 5.70. The second kappa shape index (κ2) is 7.25. The van der Waals surface area contributed by atoms with Crippen LogP contribution in [0.15, 0.2) is 46.9 Å². The monoisotopic (exact) mass is 339 g/mol. The van der Waals surface area contributed by atoms with Gasteiger partial charge in [0.1, 0.15) is 17.3 Å². The van der Waals surface area contributed by atoms with Gasteiger partial charge in [-0.1, -0.05) is 12.1 Å². The third kappa shape index (κ3) is 3.91. The van der Waals surface area contributed by atoms with E-state index in [0.29, 0.717) is 23.9 Å². The summed E-state index contributed by atoms with van der Waals surface area (Å²) in [7, 11) is 0. The van der Waals surface area contributed by atoms with Gasteiger partial charge in [0, 0.05) is 12.6 Å². The molecule has 0 saturated heterocycles. The van der Waals surface area contributed by atoms with Crippen molar-refractivity contribution in [1.29, 1.82) is 0 Å². The number of hydrogen-bond donors (Lipinski definition) is 2. The molecule has 0 aliphatic rings. The standard InChI is InChI=1S/C19H21N3O3/c1-4-24-17-8-6-5-7-15(17)22-19(23)12(2)20-14-9-10-18-16(11-14)21-13(3)25-18/h5-12,20H,4H2,1-3H3,(H,22,23)/t12-/m0/s1. The first-order valence-electron chi connectivity index (χ1n) is 8.23. The first kappa shape index (κ1) is 16.8. The van der Waals surface area contributed by atoms with Gasteiger partial charge in [-0.2, -0.15) is 0 Å². The highest BCUT2D eigenvalue weighted by Gasteiger charge is 2.15. The SMILES string of the molecule is CCOc1ccccc1NC(=O)[C@H](C)Nc1ccc2oc(C)nc2c1. The van der Waals surface area contributed by atoms with E-state index in [1.807, 2.05) is 49.4 Å². The average Bonchev–Trinajstić information content (AvgIpc) is 2.96. The second-order valence-electron chi connectivity index (χ2n) is 5.70.